The second kappa shape index (κ2) is 13.7. The lowest BCUT2D eigenvalue weighted by Gasteiger charge is -2.18. The number of amides is 1. The molecular formula is C22H31IN4O3. The van der Waals surface area contributed by atoms with Crippen LogP contribution in [0.3, 0.4) is 0 Å². The Morgan fingerprint density at radius 1 is 1.10 bits per heavy atom. The van der Waals surface area contributed by atoms with Crippen LogP contribution < -0.4 is 25.4 Å². The van der Waals surface area contributed by atoms with E-state index in [-0.39, 0.29) is 36.0 Å². The molecule has 0 aliphatic heterocycles. The third kappa shape index (κ3) is 8.48. The molecule has 2 rings (SSSR count). The lowest BCUT2D eigenvalue weighted by atomic mass is 10.1. The van der Waals surface area contributed by atoms with Gasteiger partial charge >= 0.3 is 0 Å². The monoisotopic (exact) mass is 526 g/mol. The first-order chi connectivity index (χ1) is 14.0. The molecule has 2 aromatic rings. The SMILES string of the molecule is CCNC(=NCc1ccc(C(=O)NC)cc1)NCC(C)Oc1cccc(OC)c1.I. The summed E-state index contributed by atoms with van der Waals surface area (Å²) in [6, 6.07) is 15.0. The van der Waals surface area contributed by atoms with Gasteiger partial charge in [0.2, 0.25) is 0 Å². The Morgan fingerprint density at radius 3 is 2.43 bits per heavy atom. The second-order valence-electron chi connectivity index (χ2n) is 6.46. The Labute approximate surface area is 195 Å². The first-order valence-electron chi connectivity index (χ1n) is 9.69. The first-order valence-corrected chi connectivity index (χ1v) is 9.69. The zero-order chi connectivity index (χ0) is 21.1. The average molecular weight is 526 g/mol. The van der Waals surface area contributed by atoms with Crippen LogP contribution in [0.1, 0.15) is 29.8 Å². The number of guanidine groups is 1. The normalized spacial score (nSPS) is 11.7. The molecule has 0 saturated carbocycles. The number of nitrogens with zero attached hydrogens (tertiary/aromatic N) is 1. The van der Waals surface area contributed by atoms with E-state index in [0.717, 1.165) is 23.6 Å². The fourth-order valence-electron chi connectivity index (χ4n) is 2.61. The van der Waals surface area contributed by atoms with Crippen molar-refractivity contribution in [1.29, 1.82) is 0 Å². The van der Waals surface area contributed by atoms with Crippen molar-refractivity contribution in [1.82, 2.24) is 16.0 Å². The highest BCUT2D eigenvalue weighted by Crippen LogP contribution is 2.19. The first kappa shape index (κ1) is 25.5. The van der Waals surface area contributed by atoms with E-state index in [1.165, 1.54) is 0 Å². The van der Waals surface area contributed by atoms with Gasteiger partial charge in [0.25, 0.3) is 5.91 Å². The summed E-state index contributed by atoms with van der Waals surface area (Å²) in [4.78, 5) is 16.2. The Bertz CT molecular complexity index is 812. The molecule has 1 atom stereocenters. The standard InChI is InChI=1S/C22H30N4O3.HI/c1-5-24-22(26-15-17-9-11-18(12-10-17)21(27)23-3)25-14-16(2)29-20-8-6-7-19(13-20)28-4;/h6-13,16H,5,14-15H2,1-4H3,(H,23,27)(H2,24,25,26);1H. The lowest BCUT2D eigenvalue weighted by Crippen LogP contribution is -2.41. The second-order valence-corrected chi connectivity index (χ2v) is 6.46. The fraction of sp³-hybridized carbons (Fsp3) is 0.364. The molecule has 0 aliphatic rings. The minimum Gasteiger partial charge on any atom is -0.497 e. The van der Waals surface area contributed by atoms with Crippen LogP contribution in [-0.4, -0.2) is 45.2 Å². The van der Waals surface area contributed by atoms with E-state index in [4.69, 9.17) is 9.47 Å². The molecule has 30 heavy (non-hydrogen) atoms. The number of hydrogen-bond acceptors (Lipinski definition) is 4. The maximum Gasteiger partial charge on any atom is 0.251 e. The highest BCUT2D eigenvalue weighted by Gasteiger charge is 2.07. The molecule has 0 aromatic heterocycles. The highest BCUT2D eigenvalue weighted by molar-refractivity contribution is 14.0. The van der Waals surface area contributed by atoms with Crippen LogP contribution in [0.15, 0.2) is 53.5 Å². The summed E-state index contributed by atoms with van der Waals surface area (Å²) in [7, 11) is 3.25. The zero-order valence-corrected chi connectivity index (χ0v) is 20.2. The van der Waals surface area contributed by atoms with Gasteiger partial charge in [-0.1, -0.05) is 18.2 Å². The molecule has 1 amide bonds. The van der Waals surface area contributed by atoms with Crippen molar-refractivity contribution < 1.29 is 14.3 Å². The molecule has 2 aromatic carbocycles. The van der Waals surface area contributed by atoms with E-state index in [1.54, 1.807) is 26.3 Å². The molecule has 0 fully saturated rings. The van der Waals surface area contributed by atoms with Crippen LogP contribution >= 0.6 is 24.0 Å². The molecule has 3 N–H and O–H groups in total. The van der Waals surface area contributed by atoms with E-state index in [9.17, 15) is 4.79 Å². The van der Waals surface area contributed by atoms with E-state index in [1.807, 2.05) is 50.2 Å². The molecule has 7 nitrogen and oxygen atoms in total. The number of nitrogens with one attached hydrogen (secondary N) is 3. The molecule has 0 spiro atoms. The van der Waals surface area contributed by atoms with E-state index in [2.05, 4.69) is 20.9 Å². The predicted octanol–water partition coefficient (Wildman–Crippen LogP) is 3.20. The van der Waals surface area contributed by atoms with Crippen LogP contribution in [0.2, 0.25) is 0 Å². The minimum atomic E-state index is -0.0971. The van der Waals surface area contributed by atoms with E-state index < -0.39 is 0 Å². The number of hydrogen-bond donors (Lipinski definition) is 3. The summed E-state index contributed by atoms with van der Waals surface area (Å²) >= 11 is 0. The summed E-state index contributed by atoms with van der Waals surface area (Å²) in [6.07, 6.45) is -0.0576. The molecule has 0 radical (unpaired) electrons. The summed E-state index contributed by atoms with van der Waals surface area (Å²) in [5.74, 6) is 2.14. The Kier molecular flexibility index (Phi) is 11.7. The quantitative estimate of drug-likeness (QED) is 0.266. The molecular weight excluding hydrogens is 495 g/mol. The number of benzene rings is 2. The van der Waals surface area contributed by atoms with Gasteiger partial charge in [0.1, 0.15) is 17.6 Å². The topological polar surface area (TPSA) is 84.0 Å². The van der Waals surface area contributed by atoms with Crippen molar-refractivity contribution in [3.8, 4) is 11.5 Å². The average Bonchev–Trinajstić information content (AvgIpc) is 2.75. The van der Waals surface area contributed by atoms with Crippen molar-refractivity contribution >= 4 is 35.8 Å². The minimum absolute atomic E-state index is 0. The Balaban J connectivity index is 0.00000450. The summed E-state index contributed by atoms with van der Waals surface area (Å²) in [5.41, 5.74) is 1.66. The van der Waals surface area contributed by atoms with Gasteiger partial charge in [-0.15, -0.1) is 24.0 Å². The largest absolute Gasteiger partial charge is 0.497 e. The van der Waals surface area contributed by atoms with E-state index in [0.29, 0.717) is 24.6 Å². The molecule has 0 aliphatic carbocycles. The maximum absolute atomic E-state index is 11.6. The van der Waals surface area contributed by atoms with Crippen LogP contribution in [0, 0.1) is 0 Å². The Morgan fingerprint density at radius 2 is 1.80 bits per heavy atom. The van der Waals surface area contributed by atoms with Gasteiger partial charge < -0.3 is 25.4 Å². The van der Waals surface area contributed by atoms with Crippen molar-refractivity contribution in [2.45, 2.75) is 26.5 Å². The van der Waals surface area contributed by atoms with E-state index >= 15 is 0 Å². The third-order valence-corrected chi connectivity index (χ3v) is 4.14. The maximum atomic E-state index is 11.6. The van der Waals surface area contributed by atoms with Gasteiger partial charge in [0, 0.05) is 25.2 Å². The zero-order valence-electron chi connectivity index (χ0n) is 17.9. The van der Waals surface area contributed by atoms with Crippen molar-refractivity contribution in [3.05, 3.63) is 59.7 Å². The van der Waals surface area contributed by atoms with Crippen LogP contribution in [-0.2, 0) is 6.54 Å². The number of rotatable bonds is 9. The van der Waals surface area contributed by atoms with Gasteiger partial charge in [0.15, 0.2) is 5.96 Å². The summed E-state index contributed by atoms with van der Waals surface area (Å²) in [6.45, 7) is 5.87. The molecule has 8 heteroatoms. The molecule has 0 bridgehead atoms. The van der Waals surface area contributed by atoms with Gasteiger partial charge in [-0.2, -0.15) is 0 Å². The lowest BCUT2D eigenvalue weighted by molar-refractivity contribution is 0.0963. The van der Waals surface area contributed by atoms with Crippen molar-refractivity contribution in [3.63, 3.8) is 0 Å². The number of aliphatic imine (C=N–C) groups is 1. The number of carbonyl (C=O) groups excluding carboxylic acids is 1. The molecule has 0 saturated heterocycles. The van der Waals surface area contributed by atoms with Crippen LogP contribution in [0.5, 0.6) is 11.5 Å². The predicted molar refractivity (Wildman–Crippen MR) is 131 cm³/mol. The van der Waals surface area contributed by atoms with Gasteiger partial charge in [-0.3, -0.25) is 4.79 Å². The van der Waals surface area contributed by atoms with Gasteiger partial charge in [-0.25, -0.2) is 4.99 Å². The van der Waals surface area contributed by atoms with Crippen molar-refractivity contribution in [2.75, 3.05) is 27.2 Å². The van der Waals surface area contributed by atoms with Crippen molar-refractivity contribution in [2.24, 2.45) is 4.99 Å². The molecule has 0 heterocycles. The molecule has 164 valence electrons. The highest BCUT2D eigenvalue weighted by atomic mass is 127. The number of halogens is 1. The molecule has 1 unspecified atom stereocenters. The van der Waals surface area contributed by atoms with Crippen LogP contribution in [0.25, 0.3) is 0 Å². The fourth-order valence-corrected chi connectivity index (χ4v) is 2.61. The number of ether oxygens (including phenoxy) is 2. The van der Waals surface area contributed by atoms with Gasteiger partial charge in [-0.05, 0) is 43.7 Å². The summed E-state index contributed by atoms with van der Waals surface area (Å²) in [5, 5.41) is 9.14. The number of methoxy groups -OCH3 is 1. The van der Waals surface area contributed by atoms with Gasteiger partial charge in [0.05, 0.1) is 20.2 Å². The van der Waals surface area contributed by atoms with Crippen LogP contribution in [0.4, 0.5) is 0 Å². The Hall–Kier alpha value is -2.49. The smallest absolute Gasteiger partial charge is 0.251 e. The number of carbonyl (C=O) groups is 1. The third-order valence-electron chi connectivity index (χ3n) is 4.14. The summed E-state index contributed by atoms with van der Waals surface area (Å²) < 4.78 is 11.2.